The lowest BCUT2D eigenvalue weighted by Crippen LogP contribution is -2.38. The molecule has 0 aliphatic carbocycles. The molecule has 2 nitrogen and oxygen atoms in total. The van der Waals surface area contributed by atoms with E-state index in [4.69, 9.17) is 4.74 Å². The summed E-state index contributed by atoms with van der Waals surface area (Å²) in [7, 11) is 0. The second-order valence-electron chi connectivity index (χ2n) is 3.04. The van der Waals surface area contributed by atoms with E-state index in [0.717, 1.165) is 6.42 Å². The van der Waals surface area contributed by atoms with Gasteiger partial charge in [-0.2, -0.15) is 0 Å². The minimum Gasteiger partial charge on any atom is -0.501 e. The Labute approximate surface area is 77.0 Å². The predicted molar refractivity (Wildman–Crippen MR) is 46.7 cm³/mol. The van der Waals surface area contributed by atoms with E-state index in [2.05, 4.69) is 5.32 Å². The molecular weight excluding hydrogens is 176 g/mol. The first-order chi connectivity index (χ1) is 6.25. The molecule has 0 aromatic heterocycles. The van der Waals surface area contributed by atoms with Crippen LogP contribution in [0.4, 0.5) is 8.78 Å². The van der Waals surface area contributed by atoms with Crippen molar-refractivity contribution in [3.8, 4) is 0 Å². The van der Waals surface area contributed by atoms with Gasteiger partial charge in [0.05, 0.1) is 18.9 Å². The molecule has 0 radical (unpaired) electrons. The summed E-state index contributed by atoms with van der Waals surface area (Å²) in [5, 5.41) is 2.75. The molecule has 76 valence electrons. The van der Waals surface area contributed by atoms with E-state index < -0.39 is 12.5 Å². The number of rotatable bonds is 4. The Morgan fingerprint density at radius 3 is 2.85 bits per heavy atom. The molecule has 1 heterocycles. The first-order valence-corrected chi connectivity index (χ1v) is 4.57. The summed E-state index contributed by atoms with van der Waals surface area (Å²) >= 11 is 0. The average molecular weight is 191 g/mol. The number of hydrogen-bond donors (Lipinski definition) is 1. The lowest BCUT2D eigenvalue weighted by molar-refractivity contribution is 0.105. The molecule has 4 heteroatoms. The Balaban J connectivity index is 2.56. The monoisotopic (exact) mass is 191 g/mol. The summed E-state index contributed by atoms with van der Waals surface area (Å²) < 4.78 is 30.0. The highest BCUT2D eigenvalue weighted by Crippen LogP contribution is 2.19. The van der Waals surface area contributed by atoms with Gasteiger partial charge in [-0.05, 0) is 25.0 Å². The molecule has 1 aliphatic heterocycles. The van der Waals surface area contributed by atoms with Crippen LogP contribution in [0.25, 0.3) is 0 Å². The van der Waals surface area contributed by atoms with Crippen molar-refractivity contribution in [2.75, 3.05) is 13.2 Å². The number of alkyl halides is 2. The van der Waals surface area contributed by atoms with Gasteiger partial charge in [0.1, 0.15) is 0 Å². The van der Waals surface area contributed by atoms with Crippen molar-refractivity contribution in [3.05, 3.63) is 11.8 Å². The smallest absolute Gasteiger partial charge is 0.257 e. The summed E-state index contributed by atoms with van der Waals surface area (Å²) in [6, 6.07) is -0.828. The van der Waals surface area contributed by atoms with Gasteiger partial charge in [0.2, 0.25) is 0 Å². The predicted octanol–water partition coefficient (Wildman–Crippen LogP) is 1.92. The largest absolute Gasteiger partial charge is 0.501 e. The Kier molecular flexibility index (Phi) is 4.15. The maximum absolute atomic E-state index is 12.5. The number of ether oxygens (including phenoxy) is 1. The molecule has 0 aromatic rings. The van der Waals surface area contributed by atoms with Crippen LogP contribution in [0.5, 0.6) is 0 Å². The molecule has 1 rings (SSSR count). The van der Waals surface area contributed by atoms with Gasteiger partial charge in [-0.25, -0.2) is 8.78 Å². The normalized spacial score (nSPS) is 19.5. The van der Waals surface area contributed by atoms with Gasteiger partial charge >= 0.3 is 0 Å². The van der Waals surface area contributed by atoms with Crippen LogP contribution >= 0.6 is 0 Å². The second-order valence-corrected chi connectivity index (χ2v) is 3.04. The van der Waals surface area contributed by atoms with Crippen LogP contribution in [0.2, 0.25) is 0 Å². The summed E-state index contributed by atoms with van der Waals surface area (Å²) in [6.07, 6.45) is 0.665. The molecule has 0 spiro atoms. The molecule has 0 saturated heterocycles. The third-order valence-corrected chi connectivity index (χ3v) is 2.04. The molecule has 13 heavy (non-hydrogen) atoms. The van der Waals surface area contributed by atoms with Gasteiger partial charge in [-0.1, -0.05) is 6.92 Å². The van der Waals surface area contributed by atoms with E-state index in [1.807, 2.05) is 6.92 Å². The highest BCUT2D eigenvalue weighted by Gasteiger charge is 2.24. The summed E-state index contributed by atoms with van der Waals surface area (Å²) in [4.78, 5) is 0. The lowest BCUT2D eigenvalue weighted by Gasteiger charge is -2.22. The molecule has 0 aromatic carbocycles. The standard InChI is InChI=1S/C9H15F2NO/c1-2-12-8(9(10)11)7-4-3-5-13-6-7/h6,8-9,12H,2-5H2,1H3. The zero-order valence-corrected chi connectivity index (χ0v) is 7.72. The van der Waals surface area contributed by atoms with Gasteiger partial charge in [0.15, 0.2) is 0 Å². The Hall–Kier alpha value is -0.640. The maximum Gasteiger partial charge on any atom is 0.257 e. The van der Waals surface area contributed by atoms with Crippen LogP contribution in [-0.2, 0) is 4.74 Å². The quantitative estimate of drug-likeness (QED) is 0.733. The molecule has 0 saturated carbocycles. The van der Waals surface area contributed by atoms with Gasteiger partial charge in [-0.15, -0.1) is 0 Å². The van der Waals surface area contributed by atoms with Crippen LogP contribution in [-0.4, -0.2) is 25.6 Å². The van der Waals surface area contributed by atoms with Crippen LogP contribution < -0.4 is 5.32 Å². The number of likely N-dealkylation sites (N-methyl/N-ethyl adjacent to an activating group) is 1. The molecule has 1 atom stereocenters. The van der Waals surface area contributed by atoms with Crippen LogP contribution in [0.3, 0.4) is 0 Å². The van der Waals surface area contributed by atoms with Crippen LogP contribution in [0, 0.1) is 0 Å². The van der Waals surface area contributed by atoms with Crippen molar-refractivity contribution >= 4 is 0 Å². The van der Waals surface area contributed by atoms with Crippen molar-refractivity contribution < 1.29 is 13.5 Å². The van der Waals surface area contributed by atoms with Gasteiger partial charge in [0.25, 0.3) is 6.43 Å². The zero-order valence-electron chi connectivity index (χ0n) is 7.72. The zero-order chi connectivity index (χ0) is 9.68. The fraction of sp³-hybridized carbons (Fsp3) is 0.778. The number of nitrogens with one attached hydrogen (secondary N) is 1. The van der Waals surface area contributed by atoms with Crippen molar-refractivity contribution in [1.82, 2.24) is 5.32 Å². The van der Waals surface area contributed by atoms with E-state index in [9.17, 15) is 8.78 Å². The molecule has 0 bridgehead atoms. The van der Waals surface area contributed by atoms with Gasteiger partial charge in [0, 0.05) is 0 Å². The third-order valence-electron chi connectivity index (χ3n) is 2.04. The Bertz CT molecular complexity index is 182. The maximum atomic E-state index is 12.5. The van der Waals surface area contributed by atoms with Gasteiger partial charge in [-0.3, -0.25) is 0 Å². The number of hydrogen-bond acceptors (Lipinski definition) is 2. The summed E-state index contributed by atoms with van der Waals surface area (Å²) in [5.41, 5.74) is 0.683. The van der Waals surface area contributed by atoms with Crippen LogP contribution in [0.15, 0.2) is 11.8 Å². The Morgan fingerprint density at radius 2 is 2.38 bits per heavy atom. The molecule has 0 fully saturated rings. The van der Waals surface area contributed by atoms with Crippen molar-refractivity contribution in [3.63, 3.8) is 0 Å². The molecule has 1 aliphatic rings. The molecular formula is C9H15F2NO. The minimum atomic E-state index is -2.35. The minimum absolute atomic E-state index is 0.548. The SMILES string of the molecule is CCNC(C1=COCCC1)C(F)F. The topological polar surface area (TPSA) is 21.3 Å². The molecule has 0 amide bonds. The fourth-order valence-electron chi connectivity index (χ4n) is 1.42. The first kappa shape index (κ1) is 10.4. The van der Waals surface area contributed by atoms with E-state index in [1.165, 1.54) is 6.26 Å². The molecule has 1 unspecified atom stereocenters. The summed E-state index contributed by atoms with van der Waals surface area (Å²) in [6.45, 7) is 3.01. The number of halogens is 2. The average Bonchev–Trinajstić information content (AvgIpc) is 2.15. The second kappa shape index (κ2) is 5.17. The van der Waals surface area contributed by atoms with Crippen molar-refractivity contribution in [1.29, 1.82) is 0 Å². The Morgan fingerprint density at radius 1 is 1.62 bits per heavy atom. The lowest BCUT2D eigenvalue weighted by atomic mass is 10.0. The first-order valence-electron chi connectivity index (χ1n) is 4.57. The highest BCUT2D eigenvalue weighted by molar-refractivity contribution is 5.11. The van der Waals surface area contributed by atoms with E-state index in [0.29, 0.717) is 25.1 Å². The van der Waals surface area contributed by atoms with Crippen molar-refractivity contribution in [2.45, 2.75) is 32.2 Å². The van der Waals surface area contributed by atoms with E-state index in [-0.39, 0.29) is 0 Å². The third kappa shape index (κ3) is 2.95. The summed E-state index contributed by atoms with van der Waals surface area (Å²) in [5.74, 6) is 0. The van der Waals surface area contributed by atoms with Gasteiger partial charge < -0.3 is 10.1 Å². The molecule has 1 N–H and O–H groups in total. The van der Waals surface area contributed by atoms with E-state index in [1.54, 1.807) is 0 Å². The highest BCUT2D eigenvalue weighted by atomic mass is 19.3. The van der Waals surface area contributed by atoms with E-state index >= 15 is 0 Å². The fourth-order valence-corrected chi connectivity index (χ4v) is 1.42. The van der Waals surface area contributed by atoms with Crippen molar-refractivity contribution in [2.24, 2.45) is 0 Å². The van der Waals surface area contributed by atoms with Crippen LogP contribution in [0.1, 0.15) is 19.8 Å².